The smallest absolute Gasteiger partial charge is 0.192 e. The van der Waals surface area contributed by atoms with Crippen LogP contribution < -0.4 is 0 Å². The topological polar surface area (TPSA) is 29.5 Å². The van der Waals surface area contributed by atoms with Gasteiger partial charge in [-0.1, -0.05) is 68.7 Å². The Hall–Kier alpha value is -0.903. The SMILES string of the molecule is C=C1[C@H](O)C/C(=C\C=C2\CCC[C@]3(C)C(=C(C)C)CCC23)C[C@H]1O[Si](C)(C)C(C)(C)C. The third kappa shape index (κ3) is 4.89. The molecule has 0 aromatic rings. The molecule has 3 fully saturated rings. The zero-order valence-corrected chi connectivity index (χ0v) is 22.4. The summed E-state index contributed by atoms with van der Waals surface area (Å²) in [7, 11) is -1.91. The van der Waals surface area contributed by atoms with Crippen LogP contribution in [0.2, 0.25) is 18.1 Å². The zero-order chi connectivity index (χ0) is 23.2. The Bertz CT molecular complexity index is 803. The van der Waals surface area contributed by atoms with Gasteiger partial charge in [0.25, 0.3) is 0 Å². The Balaban J connectivity index is 1.81. The van der Waals surface area contributed by atoms with E-state index in [2.05, 4.69) is 73.4 Å². The highest BCUT2D eigenvalue weighted by molar-refractivity contribution is 6.74. The van der Waals surface area contributed by atoms with E-state index in [4.69, 9.17) is 4.43 Å². The van der Waals surface area contributed by atoms with Crippen molar-refractivity contribution in [2.45, 2.75) is 117 Å². The van der Waals surface area contributed by atoms with E-state index in [1.165, 1.54) is 43.3 Å². The first kappa shape index (κ1) is 24.7. The van der Waals surface area contributed by atoms with Crippen molar-refractivity contribution in [3.63, 3.8) is 0 Å². The van der Waals surface area contributed by atoms with Crippen molar-refractivity contribution in [2.75, 3.05) is 0 Å². The van der Waals surface area contributed by atoms with E-state index in [1.54, 1.807) is 11.1 Å². The van der Waals surface area contributed by atoms with E-state index >= 15 is 0 Å². The number of aliphatic hydroxyl groups excluding tert-OH is 1. The van der Waals surface area contributed by atoms with Gasteiger partial charge < -0.3 is 9.53 Å². The van der Waals surface area contributed by atoms with Gasteiger partial charge in [0.05, 0.1) is 12.2 Å². The molecule has 3 aliphatic rings. The van der Waals surface area contributed by atoms with E-state index in [9.17, 15) is 5.11 Å². The van der Waals surface area contributed by atoms with E-state index in [1.807, 2.05) is 0 Å². The molecule has 0 radical (unpaired) electrons. The van der Waals surface area contributed by atoms with Crippen molar-refractivity contribution >= 4 is 8.32 Å². The molecule has 0 aromatic carbocycles. The summed E-state index contributed by atoms with van der Waals surface area (Å²) in [6.07, 6.45) is 12.1. The second-order valence-electron chi connectivity index (χ2n) is 12.3. The van der Waals surface area contributed by atoms with Gasteiger partial charge in [0.1, 0.15) is 0 Å². The summed E-state index contributed by atoms with van der Waals surface area (Å²) in [5, 5.41) is 10.9. The normalized spacial score (nSPS) is 35.1. The molecule has 1 N–H and O–H groups in total. The molecule has 0 aromatic heterocycles. The van der Waals surface area contributed by atoms with Crippen LogP contribution in [0.15, 0.2) is 46.6 Å². The number of aliphatic hydroxyl groups is 1. The van der Waals surface area contributed by atoms with E-state index in [0.29, 0.717) is 17.8 Å². The van der Waals surface area contributed by atoms with Gasteiger partial charge in [0.15, 0.2) is 8.32 Å². The van der Waals surface area contributed by atoms with Crippen LogP contribution in [0, 0.1) is 11.3 Å². The first-order chi connectivity index (χ1) is 14.3. The summed E-state index contributed by atoms with van der Waals surface area (Å²) in [5.41, 5.74) is 7.40. The maximum atomic E-state index is 10.7. The summed E-state index contributed by atoms with van der Waals surface area (Å²) in [5.74, 6) is 0.686. The molecule has 0 bridgehead atoms. The predicted octanol–water partition coefficient (Wildman–Crippen LogP) is 7.88. The highest BCUT2D eigenvalue weighted by Crippen LogP contribution is 2.58. The molecule has 3 aliphatic carbocycles. The van der Waals surface area contributed by atoms with Crippen LogP contribution in [0.3, 0.4) is 0 Å². The molecule has 3 saturated carbocycles. The fraction of sp³-hybridized carbons (Fsp3) is 0.714. The van der Waals surface area contributed by atoms with E-state index in [0.717, 1.165) is 12.0 Å². The summed E-state index contributed by atoms with van der Waals surface area (Å²) in [6, 6.07) is 0. The maximum Gasteiger partial charge on any atom is 0.192 e. The van der Waals surface area contributed by atoms with Gasteiger partial charge in [0, 0.05) is 0 Å². The molecule has 0 amide bonds. The molecule has 3 heteroatoms. The van der Waals surface area contributed by atoms with Crippen LogP contribution in [-0.2, 0) is 4.43 Å². The first-order valence-corrected chi connectivity index (χ1v) is 15.3. The van der Waals surface area contributed by atoms with Crippen LogP contribution in [0.5, 0.6) is 0 Å². The van der Waals surface area contributed by atoms with Gasteiger partial charge >= 0.3 is 0 Å². The lowest BCUT2D eigenvalue weighted by atomic mass is 9.65. The minimum atomic E-state index is -1.91. The van der Waals surface area contributed by atoms with Crippen LogP contribution >= 0.6 is 0 Å². The average molecular weight is 443 g/mol. The summed E-state index contributed by atoms with van der Waals surface area (Å²) < 4.78 is 6.69. The molecule has 1 unspecified atom stereocenters. The molecule has 0 aliphatic heterocycles. The van der Waals surface area contributed by atoms with E-state index in [-0.39, 0.29) is 11.1 Å². The molecular formula is C28H46O2Si. The van der Waals surface area contributed by atoms with Gasteiger partial charge in [0.2, 0.25) is 0 Å². The Labute approximate surface area is 192 Å². The monoisotopic (exact) mass is 442 g/mol. The predicted molar refractivity (Wildman–Crippen MR) is 136 cm³/mol. The zero-order valence-electron chi connectivity index (χ0n) is 21.4. The van der Waals surface area contributed by atoms with Gasteiger partial charge in [-0.25, -0.2) is 0 Å². The fourth-order valence-electron chi connectivity index (χ4n) is 5.93. The lowest BCUT2D eigenvalue weighted by Gasteiger charge is -2.42. The van der Waals surface area contributed by atoms with Crippen molar-refractivity contribution in [3.8, 4) is 0 Å². The van der Waals surface area contributed by atoms with Gasteiger partial charge in [-0.2, -0.15) is 0 Å². The van der Waals surface area contributed by atoms with Crippen LogP contribution in [0.25, 0.3) is 0 Å². The minimum absolute atomic E-state index is 0.0605. The summed E-state index contributed by atoms with van der Waals surface area (Å²) in [6.45, 7) is 22.7. The second kappa shape index (κ2) is 8.80. The second-order valence-corrected chi connectivity index (χ2v) is 17.0. The molecule has 0 saturated heterocycles. The van der Waals surface area contributed by atoms with Gasteiger partial charge in [-0.05, 0) is 93.8 Å². The van der Waals surface area contributed by atoms with Crippen LogP contribution in [-0.4, -0.2) is 25.6 Å². The lowest BCUT2D eigenvalue weighted by molar-refractivity contribution is 0.128. The van der Waals surface area contributed by atoms with Crippen molar-refractivity contribution < 1.29 is 9.53 Å². The lowest BCUT2D eigenvalue weighted by Crippen LogP contribution is -2.46. The highest BCUT2D eigenvalue weighted by atomic mass is 28.4. The Morgan fingerprint density at radius 2 is 1.84 bits per heavy atom. The molecule has 0 spiro atoms. The fourth-order valence-corrected chi connectivity index (χ4v) is 7.23. The quantitative estimate of drug-likeness (QED) is 0.356. The number of hydrogen-bond acceptors (Lipinski definition) is 2. The average Bonchev–Trinajstić information content (AvgIpc) is 3.00. The summed E-state index contributed by atoms with van der Waals surface area (Å²) >= 11 is 0. The van der Waals surface area contributed by atoms with Crippen LogP contribution in [0.1, 0.15) is 86.5 Å². The van der Waals surface area contributed by atoms with Crippen molar-refractivity contribution in [2.24, 2.45) is 11.3 Å². The highest BCUT2D eigenvalue weighted by Gasteiger charge is 2.46. The van der Waals surface area contributed by atoms with Crippen molar-refractivity contribution in [1.82, 2.24) is 0 Å². The molecule has 174 valence electrons. The Morgan fingerprint density at radius 1 is 1.16 bits per heavy atom. The third-order valence-electron chi connectivity index (χ3n) is 8.88. The number of fused-ring (bicyclic) bond motifs is 1. The first-order valence-electron chi connectivity index (χ1n) is 12.4. The van der Waals surface area contributed by atoms with Crippen molar-refractivity contribution in [1.29, 1.82) is 0 Å². The molecule has 31 heavy (non-hydrogen) atoms. The standard InChI is InChI=1S/C28H46O2Si/c1-19(2)23-14-15-24-22(11-10-16-28(23,24)7)13-12-21-17-25(29)20(3)26(18-21)30-31(8,9)27(4,5)6/h12-13,24-26,29H,3,10-11,14-18H2,1-2,4-9H3/b21-12+,22-13-/t24?,25-,26-,28-/m1/s1. The third-order valence-corrected chi connectivity index (χ3v) is 13.4. The maximum absolute atomic E-state index is 10.7. The van der Waals surface area contributed by atoms with Crippen LogP contribution in [0.4, 0.5) is 0 Å². The molecule has 3 rings (SSSR count). The van der Waals surface area contributed by atoms with E-state index < -0.39 is 14.4 Å². The number of hydrogen-bond donors (Lipinski definition) is 1. The van der Waals surface area contributed by atoms with Gasteiger partial charge in [-0.3, -0.25) is 0 Å². The Kier molecular flexibility index (Phi) is 7.02. The number of rotatable bonds is 3. The minimum Gasteiger partial charge on any atom is -0.410 e. The van der Waals surface area contributed by atoms with Crippen molar-refractivity contribution in [3.05, 3.63) is 46.6 Å². The molecule has 2 nitrogen and oxygen atoms in total. The molecular weight excluding hydrogens is 396 g/mol. The summed E-state index contributed by atoms with van der Waals surface area (Å²) in [4.78, 5) is 0. The molecule has 0 heterocycles. The number of allylic oxidation sites excluding steroid dienone is 5. The largest absolute Gasteiger partial charge is 0.410 e. The molecule has 4 atom stereocenters. The Morgan fingerprint density at radius 3 is 2.45 bits per heavy atom. The van der Waals surface area contributed by atoms with Gasteiger partial charge in [-0.15, -0.1) is 0 Å².